The van der Waals surface area contributed by atoms with Crippen molar-refractivity contribution >= 4 is 0 Å². The average Bonchev–Trinajstić information content (AvgIpc) is 2.61. The van der Waals surface area contributed by atoms with E-state index in [2.05, 4.69) is 13.2 Å². The topological polar surface area (TPSA) is 18.5 Å². The van der Waals surface area contributed by atoms with Crippen LogP contribution in [0.5, 0.6) is 0 Å². The first-order valence-corrected chi connectivity index (χ1v) is 7.68. The highest BCUT2D eigenvalue weighted by molar-refractivity contribution is 5.15. The fraction of sp³-hybridized carbons (Fsp3) is 0.400. The number of rotatable bonds is 6. The molecular weight excluding hydrogens is 272 g/mol. The van der Waals surface area contributed by atoms with Crippen molar-refractivity contribution in [3.63, 3.8) is 0 Å². The first-order valence-electron chi connectivity index (χ1n) is 7.68. The van der Waals surface area contributed by atoms with Crippen molar-refractivity contribution in [2.75, 3.05) is 14.2 Å². The van der Waals surface area contributed by atoms with E-state index >= 15 is 0 Å². The molecule has 0 rings (SSSR count). The minimum atomic E-state index is 0.785. The van der Waals surface area contributed by atoms with Crippen molar-refractivity contribution in [3.05, 3.63) is 73.3 Å². The minimum absolute atomic E-state index is 0.785. The van der Waals surface area contributed by atoms with Crippen LogP contribution < -0.4 is 0 Å². The molecule has 2 nitrogen and oxygen atoms in total. The number of methoxy groups -OCH3 is 2. The summed E-state index contributed by atoms with van der Waals surface area (Å²) in [6, 6.07) is 0. The van der Waals surface area contributed by atoms with Crippen molar-refractivity contribution < 1.29 is 9.47 Å². The van der Waals surface area contributed by atoms with Gasteiger partial charge >= 0.3 is 0 Å². The molecular formula is C20H36O2. The highest BCUT2D eigenvalue weighted by Crippen LogP contribution is 1.96. The van der Waals surface area contributed by atoms with Gasteiger partial charge in [0.2, 0.25) is 0 Å². The summed E-state index contributed by atoms with van der Waals surface area (Å²) in [5, 5.41) is 0. The molecule has 0 aliphatic rings. The third-order valence-corrected chi connectivity index (χ3v) is 1.81. The van der Waals surface area contributed by atoms with Crippen molar-refractivity contribution in [1.29, 1.82) is 0 Å². The molecule has 128 valence electrons. The second-order valence-electron chi connectivity index (χ2n) is 2.99. The third kappa shape index (κ3) is 26.6. The molecule has 0 bridgehead atoms. The average molecular weight is 309 g/mol. The molecule has 0 N–H and O–H groups in total. The van der Waals surface area contributed by atoms with Gasteiger partial charge in [0.15, 0.2) is 0 Å². The van der Waals surface area contributed by atoms with Crippen LogP contribution in [0, 0.1) is 0 Å². The molecule has 0 saturated carbocycles. The van der Waals surface area contributed by atoms with E-state index in [1.54, 1.807) is 26.4 Å². The molecule has 0 saturated heterocycles. The first kappa shape index (κ1) is 28.2. The molecule has 0 unspecified atom stereocenters. The molecule has 0 amide bonds. The summed E-state index contributed by atoms with van der Waals surface area (Å²) in [4.78, 5) is 0. The Morgan fingerprint density at radius 3 is 1.59 bits per heavy atom. The van der Waals surface area contributed by atoms with E-state index in [1.165, 1.54) is 0 Å². The van der Waals surface area contributed by atoms with E-state index < -0.39 is 0 Å². The standard InChI is InChI=1S/2C8H12O.2C2H6/c2*1-4-6-7-8(5-2)9-3;2*1-2/h4-7H,2H2,1,3H3;4-7H,1H2,2-3H3;2*1-2H3/b6-4-,8-7+;7-6-,8-5+;;. The zero-order valence-electron chi connectivity index (χ0n) is 15.8. The van der Waals surface area contributed by atoms with Gasteiger partial charge < -0.3 is 9.47 Å². The summed E-state index contributed by atoms with van der Waals surface area (Å²) in [5.74, 6) is 1.64. The van der Waals surface area contributed by atoms with E-state index in [9.17, 15) is 0 Å². The fourth-order valence-corrected chi connectivity index (χ4v) is 0.855. The second-order valence-corrected chi connectivity index (χ2v) is 2.99. The molecule has 0 heterocycles. The van der Waals surface area contributed by atoms with Crippen LogP contribution in [0.1, 0.15) is 41.5 Å². The molecule has 2 heteroatoms. The lowest BCUT2D eigenvalue weighted by Crippen LogP contribution is -1.77. The monoisotopic (exact) mass is 308 g/mol. The second kappa shape index (κ2) is 31.4. The summed E-state index contributed by atoms with van der Waals surface area (Å²) in [6.45, 7) is 19.0. The van der Waals surface area contributed by atoms with Gasteiger partial charge in [0.05, 0.1) is 14.2 Å². The Balaban J connectivity index is -0.000000120. The third-order valence-electron chi connectivity index (χ3n) is 1.81. The van der Waals surface area contributed by atoms with Gasteiger partial charge in [-0.1, -0.05) is 65.2 Å². The molecule has 0 aromatic carbocycles. The van der Waals surface area contributed by atoms with Crippen LogP contribution in [0.4, 0.5) is 0 Å². The summed E-state index contributed by atoms with van der Waals surface area (Å²) in [6.07, 6.45) is 14.6. The summed E-state index contributed by atoms with van der Waals surface area (Å²) < 4.78 is 9.82. The molecule has 22 heavy (non-hydrogen) atoms. The van der Waals surface area contributed by atoms with Crippen LogP contribution in [-0.4, -0.2) is 14.2 Å². The first-order chi connectivity index (χ1) is 10.7. The molecule has 0 atom stereocenters. The lowest BCUT2D eigenvalue weighted by molar-refractivity contribution is 0.306. The van der Waals surface area contributed by atoms with Gasteiger partial charge in [-0.3, -0.25) is 0 Å². The fourth-order valence-electron chi connectivity index (χ4n) is 0.855. The molecule has 0 fully saturated rings. The smallest absolute Gasteiger partial charge is 0.118 e. The summed E-state index contributed by atoms with van der Waals surface area (Å²) >= 11 is 0. The Hall–Kier alpha value is -1.96. The maximum Gasteiger partial charge on any atom is 0.118 e. The normalized spacial score (nSPS) is 10.4. The number of ether oxygens (including phenoxy) is 2. The van der Waals surface area contributed by atoms with Gasteiger partial charge in [0, 0.05) is 0 Å². The number of hydrogen-bond acceptors (Lipinski definition) is 2. The van der Waals surface area contributed by atoms with Crippen LogP contribution in [0.3, 0.4) is 0 Å². The number of allylic oxidation sites excluding steroid dienone is 8. The van der Waals surface area contributed by atoms with Crippen LogP contribution in [0.15, 0.2) is 73.3 Å². The van der Waals surface area contributed by atoms with Gasteiger partial charge in [-0.2, -0.15) is 0 Å². The van der Waals surface area contributed by atoms with Gasteiger partial charge in [-0.05, 0) is 38.2 Å². The molecule has 0 aromatic heterocycles. The zero-order chi connectivity index (χ0) is 18.2. The van der Waals surface area contributed by atoms with Gasteiger partial charge in [-0.15, -0.1) is 0 Å². The number of hydrogen-bond donors (Lipinski definition) is 0. The van der Waals surface area contributed by atoms with E-state index in [-0.39, 0.29) is 0 Å². The van der Waals surface area contributed by atoms with Crippen molar-refractivity contribution in [3.8, 4) is 0 Å². The van der Waals surface area contributed by atoms with E-state index in [1.807, 2.05) is 78.0 Å². The highest BCUT2D eigenvalue weighted by atomic mass is 16.5. The van der Waals surface area contributed by atoms with Gasteiger partial charge in [0.25, 0.3) is 0 Å². The largest absolute Gasteiger partial charge is 0.497 e. The zero-order valence-corrected chi connectivity index (χ0v) is 15.8. The molecule has 0 aliphatic heterocycles. The lowest BCUT2D eigenvalue weighted by Gasteiger charge is -1.95. The Kier molecular flexibility index (Phi) is 40.3. The predicted molar refractivity (Wildman–Crippen MR) is 103 cm³/mol. The molecule has 0 radical (unpaired) electrons. The van der Waals surface area contributed by atoms with Crippen molar-refractivity contribution in [2.24, 2.45) is 0 Å². The van der Waals surface area contributed by atoms with E-state index in [4.69, 9.17) is 9.47 Å². The summed E-state index contributed by atoms with van der Waals surface area (Å²) in [5.41, 5.74) is 0. The Labute approximate surface area is 139 Å². The molecule has 0 spiro atoms. The van der Waals surface area contributed by atoms with Gasteiger partial charge in [-0.25, -0.2) is 0 Å². The highest BCUT2D eigenvalue weighted by Gasteiger charge is 1.80. The lowest BCUT2D eigenvalue weighted by atomic mass is 10.4. The molecule has 0 aromatic rings. The van der Waals surface area contributed by atoms with Crippen LogP contribution in [0.25, 0.3) is 0 Å². The van der Waals surface area contributed by atoms with E-state index in [0.717, 1.165) is 11.5 Å². The maximum absolute atomic E-state index is 4.93. The SMILES string of the molecule is C=C/C(=C\C=C/C)OC.C=C/C=C\C(=C/C)OC.CC.CC. The van der Waals surface area contributed by atoms with Gasteiger partial charge in [0.1, 0.15) is 11.5 Å². The van der Waals surface area contributed by atoms with Crippen molar-refractivity contribution in [2.45, 2.75) is 41.5 Å². The predicted octanol–water partition coefficient (Wildman–Crippen LogP) is 6.61. The Morgan fingerprint density at radius 1 is 0.818 bits per heavy atom. The van der Waals surface area contributed by atoms with Crippen LogP contribution in [-0.2, 0) is 9.47 Å². The minimum Gasteiger partial charge on any atom is -0.497 e. The summed E-state index contributed by atoms with van der Waals surface area (Å²) in [7, 11) is 3.26. The van der Waals surface area contributed by atoms with Crippen LogP contribution >= 0.6 is 0 Å². The van der Waals surface area contributed by atoms with Crippen LogP contribution in [0.2, 0.25) is 0 Å². The van der Waals surface area contributed by atoms with E-state index in [0.29, 0.717) is 0 Å². The Morgan fingerprint density at radius 2 is 1.32 bits per heavy atom. The van der Waals surface area contributed by atoms with Crippen molar-refractivity contribution in [1.82, 2.24) is 0 Å². The quantitative estimate of drug-likeness (QED) is 0.406. The maximum atomic E-state index is 4.93. The Bertz CT molecular complexity index is 332. The molecule has 0 aliphatic carbocycles.